The first kappa shape index (κ1) is 10.8. The van der Waals surface area contributed by atoms with E-state index in [9.17, 15) is 0 Å². The Balaban J connectivity index is 1.62. The Morgan fingerprint density at radius 2 is 2.18 bits per heavy atom. The van der Waals surface area contributed by atoms with Crippen molar-refractivity contribution in [3.8, 4) is 0 Å². The molecule has 1 heterocycles. The molecule has 3 heteroatoms. The van der Waals surface area contributed by atoms with Crippen molar-refractivity contribution in [1.82, 2.24) is 10.3 Å². The van der Waals surface area contributed by atoms with E-state index in [4.69, 9.17) is 4.74 Å². The minimum absolute atomic E-state index is 0.468. The molecule has 17 heavy (non-hydrogen) atoms. The predicted molar refractivity (Wildman–Crippen MR) is 69.0 cm³/mol. The molecule has 0 saturated heterocycles. The van der Waals surface area contributed by atoms with E-state index in [1.807, 2.05) is 0 Å². The van der Waals surface area contributed by atoms with Gasteiger partial charge in [0.15, 0.2) is 0 Å². The number of aromatic nitrogens is 1. The van der Waals surface area contributed by atoms with Crippen molar-refractivity contribution in [2.45, 2.75) is 31.5 Å². The fraction of sp³-hybridized carbons (Fsp3) is 0.429. The van der Waals surface area contributed by atoms with Gasteiger partial charge >= 0.3 is 0 Å². The van der Waals surface area contributed by atoms with Gasteiger partial charge in [-0.3, -0.25) is 0 Å². The molecule has 0 atom stereocenters. The number of benzene rings is 1. The molecule has 1 aliphatic carbocycles. The Bertz CT molecular complexity index is 500. The maximum Gasteiger partial charge on any atom is 0.0601 e. The van der Waals surface area contributed by atoms with Crippen LogP contribution in [0.5, 0.6) is 0 Å². The lowest BCUT2D eigenvalue weighted by atomic mass is 9.89. The molecule has 0 spiro atoms. The average Bonchev–Trinajstić information content (AvgIpc) is 2.71. The molecule has 0 amide bonds. The number of rotatable bonds is 4. The molecule has 3 nitrogen and oxygen atoms in total. The first-order valence-electron chi connectivity index (χ1n) is 6.18. The minimum Gasteiger partial charge on any atom is -0.381 e. The van der Waals surface area contributed by atoms with Crippen molar-refractivity contribution in [3.05, 3.63) is 36.0 Å². The normalized spacial score (nSPS) is 23.8. The standard InChI is InChI=1S/C14H18N2O/c1-17-12-6-11(7-12)15-8-10-9-16-14-5-3-2-4-13(10)14/h2-5,9,11-12,15-16H,6-8H2,1H3. The average molecular weight is 230 g/mol. The number of hydrogen-bond acceptors (Lipinski definition) is 2. The first-order valence-corrected chi connectivity index (χ1v) is 6.18. The molecule has 1 aromatic heterocycles. The Hall–Kier alpha value is -1.32. The van der Waals surface area contributed by atoms with Crippen LogP contribution in [-0.2, 0) is 11.3 Å². The Labute approximate surface area is 101 Å². The molecule has 1 aromatic carbocycles. The van der Waals surface area contributed by atoms with Crippen molar-refractivity contribution in [2.75, 3.05) is 7.11 Å². The number of hydrogen-bond donors (Lipinski definition) is 2. The van der Waals surface area contributed by atoms with E-state index in [2.05, 4.69) is 40.8 Å². The van der Waals surface area contributed by atoms with Gasteiger partial charge < -0.3 is 15.0 Å². The van der Waals surface area contributed by atoms with Crippen LogP contribution in [0, 0.1) is 0 Å². The lowest BCUT2D eigenvalue weighted by Crippen LogP contribution is -2.44. The van der Waals surface area contributed by atoms with Crippen LogP contribution in [0.25, 0.3) is 10.9 Å². The fourth-order valence-corrected chi connectivity index (χ4v) is 2.46. The lowest BCUT2D eigenvalue weighted by Gasteiger charge is -2.34. The van der Waals surface area contributed by atoms with Crippen LogP contribution in [0.4, 0.5) is 0 Å². The number of nitrogens with one attached hydrogen (secondary N) is 2. The second-order valence-corrected chi connectivity index (χ2v) is 4.77. The van der Waals surface area contributed by atoms with Gasteiger partial charge in [-0.15, -0.1) is 0 Å². The van der Waals surface area contributed by atoms with Crippen LogP contribution in [0.1, 0.15) is 18.4 Å². The molecule has 0 radical (unpaired) electrons. The van der Waals surface area contributed by atoms with E-state index in [-0.39, 0.29) is 0 Å². The van der Waals surface area contributed by atoms with E-state index >= 15 is 0 Å². The highest BCUT2D eigenvalue weighted by atomic mass is 16.5. The predicted octanol–water partition coefficient (Wildman–Crippen LogP) is 2.43. The maximum absolute atomic E-state index is 5.28. The molecular formula is C14H18N2O. The van der Waals surface area contributed by atoms with E-state index < -0.39 is 0 Å². The Kier molecular flexibility index (Phi) is 2.87. The Morgan fingerprint density at radius 1 is 1.35 bits per heavy atom. The van der Waals surface area contributed by atoms with Gasteiger partial charge in [-0.1, -0.05) is 18.2 Å². The van der Waals surface area contributed by atoms with Crippen LogP contribution < -0.4 is 5.32 Å². The van der Waals surface area contributed by atoms with Crippen LogP contribution in [0.15, 0.2) is 30.5 Å². The maximum atomic E-state index is 5.28. The van der Waals surface area contributed by atoms with Gasteiger partial charge in [0.05, 0.1) is 6.10 Å². The molecule has 2 aromatic rings. The molecule has 1 saturated carbocycles. The van der Waals surface area contributed by atoms with Gasteiger partial charge in [-0.05, 0) is 24.5 Å². The van der Waals surface area contributed by atoms with E-state index in [1.165, 1.54) is 16.5 Å². The fourth-order valence-electron chi connectivity index (χ4n) is 2.46. The third-order valence-corrected chi connectivity index (χ3v) is 3.68. The summed E-state index contributed by atoms with van der Waals surface area (Å²) in [6, 6.07) is 9.05. The topological polar surface area (TPSA) is 37.0 Å². The largest absolute Gasteiger partial charge is 0.381 e. The minimum atomic E-state index is 0.468. The van der Waals surface area contributed by atoms with Crippen molar-refractivity contribution in [3.63, 3.8) is 0 Å². The van der Waals surface area contributed by atoms with Crippen LogP contribution in [0.3, 0.4) is 0 Å². The summed E-state index contributed by atoms with van der Waals surface area (Å²) in [6.07, 6.45) is 4.84. The number of para-hydroxylation sites is 1. The van der Waals surface area contributed by atoms with Crippen molar-refractivity contribution in [1.29, 1.82) is 0 Å². The molecule has 90 valence electrons. The summed E-state index contributed by atoms with van der Waals surface area (Å²) in [5.41, 5.74) is 2.56. The van der Waals surface area contributed by atoms with Gasteiger partial charge in [-0.2, -0.15) is 0 Å². The molecule has 1 aliphatic rings. The van der Waals surface area contributed by atoms with Crippen LogP contribution in [0.2, 0.25) is 0 Å². The van der Waals surface area contributed by atoms with Gasteiger partial charge in [0.1, 0.15) is 0 Å². The smallest absolute Gasteiger partial charge is 0.0601 e. The van der Waals surface area contributed by atoms with Crippen molar-refractivity contribution in [2.24, 2.45) is 0 Å². The highest BCUT2D eigenvalue weighted by Crippen LogP contribution is 2.24. The van der Waals surface area contributed by atoms with Crippen molar-refractivity contribution < 1.29 is 4.74 Å². The summed E-state index contributed by atoms with van der Waals surface area (Å²) < 4.78 is 5.28. The highest BCUT2D eigenvalue weighted by Gasteiger charge is 2.28. The molecule has 0 unspecified atom stereocenters. The van der Waals surface area contributed by atoms with Crippen molar-refractivity contribution >= 4 is 10.9 Å². The van der Waals surface area contributed by atoms with E-state index in [0.29, 0.717) is 12.1 Å². The quantitative estimate of drug-likeness (QED) is 0.846. The van der Waals surface area contributed by atoms with Crippen LogP contribution in [-0.4, -0.2) is 24.2 Å². The molecule has 1 fully saturated rings. The summed E-state index contributed by atoms with van der Waals surface area (Å²) in [6.45, 7) is 0.936. The van der Waals surface area contributed by atoms with E-state index in [1.54, 1.807) is 7.11 Å². The third kappa shape index (κ3) is 2.08. The molecule has 2 N–H and O–H groups in total. The zero-order chi connectivity index (χ0) is 11.7. The lowest BCUT2D eigenvalue weighted by molar-refractivity contribution is 0.0170. The third-order valence-electron chi connectivity index (χ3n) is 3.68. The number of fused-ring (bicyclic) bond motifs is 1. The zero-order valence-corrected chi connectivity index (χ0v) is 10.1. The summed E-state index contributed by atoms with van der Waals surface area (Å²) in [7, 11) is 1.79. The molecule has 0 aliphatic heterocycles. The highest BCUT2D eigenvalue weighted by molar-refractivity contribution is 5.82. The van der Waals surface area contributed by atoms with E-state index in [0.717, 1.165) is 19.4 Å². The number of aromatic amines is 1. The summed E-state index contributed by atoms with van der Waals surface area (Å²) >= 11 is 0. The molecular weight excluding hydrogens is 212 g/mol. The number of ether oxygens (including phenoxy) is 1. The number of methoxy groups -OCH3 is 1. The van der Waals surface area contributed by atoms with Gasteiger partial charge in [0.2, 0.25) is 0 Å². The van der Waals surface area contributed by atoms with Gasteiger partial charge in [0, 0.05) is 36.8 Å². The number of H-pyrrole nitrogens is 1. The Morgan fingerprint density at radius 3 is 3.00 bits per heavy atom. The summed E-state index contributed by atoms with van der Waals surface area (Å²) in [5.74, 6) is 0. The summed E-state index contributed by atoms with van der Waals surface area (Å²) in [4.78, 5) is 3.30. The first-order chi connectivity index (χ1) is 8.36. The SMILES string of the molecule is COC1CC(NCc2c[nH]c3ccccc23)C1. The summed E-state index contributed by atoms with van der Waals surface area (Å²) in [5, 5.41) is 4.90. The second-order valence-electron chi connectivity index (χ2n) is 4.77. The monoisotopic (exact) mass is 230 g/mol. The van der Waals surface area contributed by atoms with Gasteiger partial charge in [-0.25, -0.2) is 0 Å². The van der Waals surface area contributed by atoms with Crippen LogP contribution >= 0.6 is 0 Å². The molecule has 0 bridgehead atoms. The second kappa shape index (κ2) is 4.51. The zero-order valence-electron chi connectivity index (χ0n) is 10.1. The van der Waals surface area contributed by atoms with Gasteiger partial charge in [0.25, 0.3) is 0 Å². The molecule has 3 rings (SSSR count).